The van der Waals surface area contributed by atoms with Crippen LogP contribution in [0.3, 0.4) is 0 Å². The van der Waals surface area contributed by atoms with Gasteiger partial charge in [-0.1, -0.05) is 12.1 Å². The van der Waals surface area contributed by atoms with E-state index in [4.69, 9.17) is 0 Å². The van der Waals surface area contributed by atoms with Crippen molar-refractivity contribution in [3.63, 3.8) is 0 Å². The third-order valence-electron chi connectivity index (χ3n) is 2.85. The molecule has 1 N–H and O–H groups in total. The zero-order chi connectivity index (χ0) is 13.7. The van der Waals surface area contributed by atoms with Gasteiger partial charge in [0.15, 0.2) is 0 Å². The van der Waals surface area contributed by atoms with Gasteiger partial charge >= 0.3 is 0 Å². The molecule has 0 amide bonds. The van der Waals surface area contributed by atoms with Gasteiger partial charge in [-0.2, -0.15) is 0 Å². The van der Waals surface area contributed by atoms with Gasteiger partial charge in [0.25, 0.3) is 0 Å². The van der Waals surface area contributed by atoms with E-state index in [0.717, 1.165) is 23.5 Å². The van der Waals surface area contributed by atoms with E-state index in [1.807, 2.05) is 31.0 Å². The molecule has 0 bridgehead atoms. The van der Waals surface area contributed by atoms with Crippen molar-refractivity contribution >= 4 is 11.4 Å². The first-order valence-corrected chi connectivity index (χ1v) is 6.33. The molecule has 2 rings (SSSR count). The Bertz CT molecular complexity index is 542. The zero-order valence-corrected chi connectivity index (χ0v) is 11.2. The third-order valence-corrected chi connectivity index (χ3v) is 2.85. The average molecular weight is 259 g/mol. The van der Waals surface area contributed by atoms with Crippen LogP contribution >= 0.6 is 0 Å². The molecule has 0 aliphatic carbocycles. The maximum Gasteiger partial charge on any atom is 0.123 e. The van der Waals surface area contributed by atoms with Crippen LogP contribution < -0.4 is 10.2 Å². The van der Waals surface area contributed by atoms with E-state index in [1.54, 1.807) is 24.5 Å². The first kappa shape index (κ1) is 13.3. The quantitative estimate of drug-likeness (QED) is 0.893. The highest BCUT2D eigenvalue weighted by atomic mass is 19.1. The lowest BCUT2D eigenvalue weighted by Crippen LogP contribution is -2.16. The van der Waals surface area contributed by atoms with Crippen LogP contribution in [0.15, 0.2) is 42.7 Å². The summed E-state index contributed by atoms with van der Waals surface area (Å²) >= 11 is 0. The van der Waals surface area contributed by atoms with Crippen LogP contribution in [-0.4, -0.2) is 18.6 Å². The molecule has 1 aromatic carbocycles. The SMILES string of the molecule is CCNc1cncc(N(C)Cc2cccc(F)c2)c1. The molecule has 3 nitrogen and oxygen atoms in total. The lowest BCUT2D eigenvalue weighted by Gasteiger charge is -2.19. The summed E-state index contributed by atoms with van der Waals surface area (Å²) in [5.74, 6) is -0.203. The van der Waals surface area contributed by atoms with E-state index < -0.39 is 0 Å². The number of anilines is 2. The molecular weight excluding hydrogens is 241 g/mol. The van der Waals surface area contributed by atoms with Crippen molar-refractivity contribution in [1.82, 2.24) is 4.98 Å². The first-order valence-electron chi connectivity index (χ1n) is 6.33. The monoisotopic (exact) mass is 259 g/mol. The molecule has 0 atom stereocenters. The molecule has 4 heteroatoms. The molecule has 1 aromatic heterocycles. The van der Waals surface area contributed by atoms with Gasteiger partial charge in [0, 0.05) is 20.1 Å². The molecule has 0 spiro atoms. The van der Waals surface area contributed by atoms with Crippen LogP contribution in [0.2, 0.25) is 0 Å². The van der Waals surface area contributed by atoms with Crippen LogP contribution in [-0.2, 0) is 6.54 Å². The summed E-state index contributed by atoms with van der Waals surface area (Å²) in [6, 6.07) is 8.69. The summed E-state index contributed by atoms with van der Waals surface area (Å²) in [6.07, 6.45) is 3.60. The lowest BCUT2D eigenvalue weighted by molar-refractivity contribution is 0.625. The Morgan fingerprint density at radius 2 is 2.11 bits per heavy atom. The van der Waals surface area contributed by atoms with Crippen molar-refractivity contribution in [3.8, 4) is 0 Å². The van der Waals surface area contributed by atoms with Gasteiger partial charge in [-0.15, -0.1) is 0 Å². The number of benzene rings is 1. The Balaban J connectivity index is 2.11. The van der Waals surface area contributed by atoms with E-state index in [1.165, 1.54) is 6.07 Å². The molecule has 0 fully saturated rings. The fourth-order valence-electron chi connectivity index (χ4n) is 1.94. The number of nitrogens with zero attached hydrogens (tertiary/aromatic N) is 2. The highest BCUT2D eigenvalue weighted by molar-refractivity contribution is 5.55. The Hall–Kier alpha value is -2.10. The molecule has 19 heavy (non-hydrogen) atoms. The van der Waals surface area contributed by atoms with Gasteiger partial charge in [0.2, 0.25) is 0 Å². The Labute approximate surface area is 113 Å². The van der Waals surface area contributed by atoms with Crippen molar-refractivity contribution in [3.05, 3.63) is 54.1 Å². The minimum Gasteiger partial charge on any atom is -0.384 e. The van der Waals surface area contributed by atoms with Gasteiger partial charge in [-0.05, 0) is 30.7 Å². The van der Waals surface area contributed by atoms with Crippen molar-refractivity contribution in [2.45, 2.75) is 13.5 Å². The topological polar surface area (TPSA) is 28.2 Å². The van der Waals surface area contributed by atoms with Crippen LogP contribution in [0.5, 0.6) is 0 Å². The molecule has 0 unspecified atom stereocenters. The van der Waals surface area contributed by atoms with Crippen LogP contribution in [0.1, 0.15) is 12.5 Å². The van der Waals surface area contributed by atoms with E-state index in [-0.39, 0.29) is 5.82 Å². The van der Waals surface area contributed by atoms with Gasteiger partial charge < -0.3 is 10.2 Å². The minimum atomic E-state index is -0.203. The number of pyridine rings is 1. The normalized spacial score (nSPS) is 10.3. The minimum absolute atomic E-state index is 0.203. The highest BCUT2D eigenvalue weighted by Gasteiger charge is 2.04. The second kappa shape index (κ2) is 6.18. The van der Waals surface area contributed by atoms with E-state index in [0.29, 0.717) is 6.54 Å². The van der Waals surface area contributed by atoms with Crippen LogP contribution in [0.25, 0.3) is 0 Å². The van der Waals surface area contributed by atoms with Crippen molar-refractivity contribution in [2.75, 3.05) is 23.8 Å². The fourth-order valence-corrected chi connectivity index (χ4v) is 1.94. The van der Waals surface area contributed by atoms with Crippen molar-refractivity contribution in [2.24, 2.45) is 0 Å². The third kappa shape index (κ3) is 3.68. The number of halogens is 1. The standard InChI is InChI=1S/C15H18FN3/c1-3-18-14-8-15(10-17-9-14)19(2)11-12-5-4-6-13(16)7-12/h4-10,18H,3,11H2,1-2H3. The van der Waals surface area contributed by atoms with E-state index >= 15 is 0 Å². The summed E-state index contributed by atoms with van der Waals surface area (Å²) in [5, 5.41) is 3.23. The second-order valence-corrected chi connectivity index (χ2v) is 4.45. The largest absolute Gasteiger partial charge is 0.384 e. The number of rotatable bonds is 5. The van der Waals surface area contributed by atoms with Gasteiger partial charge in [-0.3, -0.25) is 4.98 Å². The van der Waals surface area contributed by atoms with Gasteiger partial charge in [0.05, 0.1) is 23.8 Å². The van der Waals surface area contributed by atoms with Crippen LogP contribution in [0.4, 0.5) is 15.8 Å². The summed E-state index contributed by atoms with van der Waals surface area (Å²) in [6.45, 7) is 3.55. The summed E-state index contributed by atoms with van der Waals surface area (Å²) < 4.78 is 13.1. The number of hydrogen-bond donors (Lipinski definition) is 1. The molecular formula is C15H18FN3. The molecule has 0 saturated carbocycles. The summed E-state index contributed by atoms with van der Waals surface area (Å²) in [4.78, 5) is 6.25. The smallest absolute Gasteiger partial charge is 0.123 e. The number of aromatic nitrogens is 1. The fraction of sp³-hybridized carbons (Fsp3) is 0.267. The van der Waals surface area contributed by atoms with E-state index in [2.05, 4.69) is 10.3 Å². The number of hydrogen-bond acceptors (Lipinski definition) is 3. The number of nitrogens with one attached hydrogen (secondary N) is 1. The Morgan fingerprint density at radius 3 is 2.84 bits per heavy atom. The first-order chi connectivity index (χ1) is 9.19. The maximum absolute atomic E-state index is 13.1. The van der Waals surface area contributed by atoms with Crippen LogP contribution in [0, 0.1) is 5.82 Å². The zero-order valence-electron chi connectivity index (χ0n) is 11.2. The predicted octanol–water partition coefficient (Wildman–Crippen LogP) is 3.29. The maximum atomic E-state index is 13.1. The average Bonchev–Trinajstić information content (AvgIpc) is 2.39. The molecule has 0 radical (unpaired) electrons. The van der Waals surface area contributed by atoms with E-state index in [9.17, 15) is 4.39 Å². The molecule has 0 aliphatic heterocycles. The van der Waals surface area contributed by atoms with Gasteiger partial charge in [0.1, 0.15) is 5.82 Å². The summed E-state index contributed by atoms with van der Waals surface area (Å²) in [7, 11) is 1.97. The molecule has 0 saturated heterocycles. The predicted molar refractivity (Wildman–Crippen MR) is 76.9 cm³/mol. The summed E-state index contributed by atoms with van der Waals surface area (Å²) in [5.41, 5.74) is 2.94. The van der Waals surface area contributed by atoms with Crippen molar-refractivity contribution in [1.29, 1.82) is 0 Å². The molecule has 1 heterocycles. The van der Waals surface area contributed by atoms with Gasteiger partial charge in [-0.25, -0.2) is 4.39 Å². The molecule has 0 aliphatic rings. The lowest BCUT2D eigenvalue weighted by atomic mass is 10.2. The van der Waals surface area contributed by atoms with Crippen molar-refractivity contribution < 1.29 is 4.39 Å². The second-order valence-electron chi connectivity index (χ2n) is 4.45. The Kier molecular flexibility index (Phi) is 4.34. The highest BCUT2D eigenvalue weighted by Crippen LogP contribution is 2.18. The Morgan fingerprint density at radius 1 is 1.26 bits per heavy atom. The molecule has 2 aromatic rings. The molecule has 100 valence electrons.